The first-order chi connectivity index (χ1) is 19.1. The number of aromatic amines is 2. The van der Waals surface area contributed by atoms with Crippen LogP contribution in [0.5, 0.6) is 0 Å². The van der Waals surface area contributed by atoms with Crippen LogP contribution in [0.4, 0.5) is 0 Å². The number of hydrogen-bond acceptors (Lipinski definition) is 5. The summed E-state index contributed by atoms with van der Waals surface area (Å²) in [6.07, 6.45) is 11.6. The largest absolute Gasteiger partial charge is 0.359 e. The lowest BCUT2D eigenvalue weighted by Crippen LogP contribution is -2.22. The van der Waals surface area contributed by atoms with Crippen LogP contribution in [0.3, 0.4) is 0 Å². The molecule has 0 saturated carbocycles. The van der Waals surface area contributed by atoms with Crippen molar-refractivity contribution in [3.05, 3.63) is 103 Å². The van der Waals surface area contributed by atoms with Crippen molar-refractivity contribution < 1.29 is 0 Å². The van der Waals surface area contributed by atoms with E-state index in [2.05, 4.69) is 107 Å². The minimum absolute atomic E-state index is 0.0737. The lowest BCUT2D eigenvalue weighted by Gasteiger charge is -2.23. The third kappa shape index (κ3) is 5.20. The highest BCUT2D eigenvalue weighted by molar-refractivity contribution is 7.16. The third-order valence-electron chi connectivity index (χ3n) is 6.89. The number of hydrogen-bond donors (Lipinski definition) is 3. The Morgan fingerprint density at radius 2 is 1.88 bits per heavy atom. The van der Waals surface area contributed by atoms with Gasteiger partial charge in [0.1, 0.15) is 0 Å². The van der Waals surface area contributed by atoms with Gasteiger partial charge in [0.05, 0.1) is 23.1 Å². The van der Waals surface area contributed by atoms with Gasteiger partial charge in [0.15, 0.2) is 5.65 Å². The normalized spacial score (nSPS) is 12.7. The van der Waals surface area contributed by atoms with E-state index in [1.54, 1.807) is 17.4 Å². The number of H-pyrrole nitrogens is 2. The molecule has 0 saturated heterocycles. The average Bonchev–Trinajstić information content (AvgIpc) is 3.67. The quantitative estimate of drug-likeness (QED) is 0.170. The molecule has 0 fully saturated rings. The zero-order valence-electron chi connectivity index (χ0n) is 23.6. The molecule has 0 unspecified atom stereocenters. The number of allylic oxidation sites excluding steroid dienone is 6. The number of aromatic nitrogens is 5. The molecule has 6 nitrogen and oxygen atoms in total. The summed E-state index contributed by atoms with van der Waals surface area (Å²) in [6, 6.07) is 8.52. The summed E-state index contributed by atoms with van der Waals surface area (Å²) in [4.78, 5) is 15.0. The van der Waals surface area contributed by atoms with Gasteiger partial charge in [-0.3, -0.25) is 10.1 Å². The smallest absolute Gasteiger partial charge is 0.181 e. The second-order valence-corrected chi connectivity index (χ2v) is 12.0. The van der Waals surface area contributed by atoms with Crippen molar-refractivity contribution in [3.63, 3.8) is 0 Å². The molecule has 5 heterocycles. The molecule has 202 valence electrons. The summed E-state index contributed by atoms with van der Waals surface area (Å²) in [6.45, 7) is 22.7. The minimum atomic E-state index is -0.0737. The minimum Gasteiger partial charge on any atom is -0.359 e. The molecule has 0 bridgehead atoms. The summed E-state index contributed by atoms with van der Waals surface area (Å²) in [5, 5.41) is 13.1. The first kappa shape index (κ1) is 27.1. The lowest BCUT2D eigenvalue weighted by atomic mass is 9.92. The van der Waals surface area contributed by atoms with Gasteiger partial charge in [-0.15, -0.1) is 11.3 Å². The summed E-state index contributed by atoms with van der Waals surface area (Å²) in [5.41, 5.74) is 9.28. The summed E-state index contributed by atoms with van der Waals surface area (Å²) in [7, 11) is 0. The Labute approximate surface area is 239 Å². The predicted octanol–water partition coefficient (Wildman–Crippen LogP) is 8.89. The first-order valence-electron chi connectivity index (χ1n) is 13.1. The molecular formula is C33H34N6S. The number of nitrogens with one attached hydrogen (secondary N) is 3. The monoisotopic (exact) mass is 546 g/mol. The van der Waals surface area contributed by atoms with Crippen molar-refractivity contribution >= 4 is 44.4 Å². The zero-order valence-corrected chi connectivity index (χ0v) is 24.5. The van der Waals surface area contributed by atoms with Crippen LogP contribution in [0.25, 0.3) is 54.9 Å². The second-order valence-electron chi connectivity index (χ2n) is 10.9. The number of thiophene rings is 1. The molecule has 0 amide bonds. The van der Waals surface area contributed by atoms with Crippen LogP contribution in [-0.4, -0.2) is 25.1 Å². The molecule has 5 aromatic rings. The van der Waals surface area contributed by atoms with E-state index >= 15 is 0 Å². The molecular weight excluding hydrogens is 512 g/mol. The van der Waals surface area contributed by atoms with Crippen molar-refractivity contribution in [1.29, 1.82) is 0 Å². The van der Waals surface area contributed by atoms with Gasteiger partial charge in [-0.1, -0.05) is 46.6 Å². The fourth-order valence-corrected chi connectivity index (χ4v) is 5.32. The van der Waals surface area contributed by atoms with Crippen LogP contribution in [0, 0.1) is 5.41 Å². The van der Waals surface area contributed by atoms with Crippen molar-refractivity contribution in [2.24, 2.45) is 5.41 Å². The van der Waals surface area contributed by atoms with E-state index in [0.717, 1.165) is 66.2 Å². The number of pyridine rings is 2. The van der Waals surface area contributed by atoms with E-state index in [9.17, 15) is 0 Å². The standard InChI is InChI=1S/C33H34N6S/c1-9-21(13-23(10-2)36-20(5)33(6,7)8)22-14-25-31(38-39-32(25)35-16-22)27-15-24-26(17-34-18-28(24)37-27)30-12-11-29(40-30)19(3)4/h9-18,36-37H,2-3,5H2,1,4,6-8H3,(H,35,38,39)/b21-9+,23-13+. The van der Waals surface area contributed by atoms with Crippen LogP contribution in [0.15, 0.2) is 92.2 Å². The van der Waals surface area contributed by atoms with E-state index in [1.807, 2.05) is 32.4 Å². The molecule has 0 radical (unpaired) electrons. The second kappa shape index (κ2) is 10.6. The Hall–Kier alpha value is -4.49. The maximum Gasteiger partial charge on any atom is 0.181 e. The highest BCUT2D eigenvalue weighted by atomic mass is 32.1. The van der Waals surface area contributed by atoms with Crippen LogP contribution in [0.2, 0.25) is 0 Å². The summed E-state index contributed by atoms with van der Waals surface area (Å²) < 4.78 is 0. The van der Waals surface area contributed by atoms with Gasteiger partial charge in [0.25, 0.3) is 0 Å². The molecule has 40 heavy (non-hydrogen) atoms. The van der Waals surface area contributed by atoms with Crippen LogP contribution in [-0.2, 0) is 0 Å². The maximum absolute atomic E-state index is 4.66. The summed E-state index contributed by atoms with van der Waals surface area (Å²) in [5.74, 6) is 0. The van der Waals surface area contributed by atoms with Crippen molar-refractivity contribution in [2.45, 2.75) is 34.6 Å². The molecule has 0 aliphatic carbocycles. The van der Waals surface area contributed by atoms with E-state index in [1.165, 1.54) is 4.88 Å². The van der Waals surface area contributed by atoms with Crippen LogP contribution >= 0.6 is 11.3 Å². The van der Waals surface area contributed by atoms with Crippen LogP contribution < -0.4 is 5.32 Å². The maximum atomic E-state index is 4.66. The topological polar surface area (TPSA) is 82.3 Å². The molecule has 0 aliphatic rings. The molecule has 7 heteroatoms. The molecule has 5 rings (SSSR count). The Balaban J connectivity index is 1.54. The zero-order chi connectivity index (χ0) is 28.6. The van der Waals surface area contributed by atoms with E-state index in [-0.39, 0.29) is 5.41 Å². The highest BCUT2D eigenvalue weighted by Gasteiger charge is 2.17. The van der Waals surface area contributed by atoms with Gasteiger partial charge >= 0.3 is 0 Å². The Morgan fingerprint density at radius 3 is 2.55 bits per heavy atom. The van der Waals surface area contributed by atoms with E-state index < -0.39 is 0 Å². The van der Waals surface area contributed by atoms with Crippen molar-refractivity contribution in [2.75, 3.05) is 0 Å². The van der Waals surface area contributed by atoms with Gasteiger partial charge in [0.2, 0.25) is 0 Å². The van der Waals surface area contributed by atoms with Gasteiger partial charge in [0, 0.05) is 60.9 Å². The molecule has 0 aromatic carbocycles. The molecule has 0 aliphatic heterocycles. The number of nitrogens with zero attached hydrogens (tertiary/aromatic N) is 3. The van der Waals surface area contributed by atoms with Gasteiger partial charge in [-0.05, 0) is 61.4 Å². The van der Waals surface area contributed by atoms with Gasteiger partial charge in [-0.25, -0.2) is 4.98 Å². The van der Waals surface area contributed by atoms with Crippen molar-refractivity contribution in [1.82, 2.24) is 30.5 Å². The van der Waals surface area contributed by atoms with Crippen LogP contribution in [0.1, 0.15) is 45.1 Å². The summed E-state index contributed by atoms with van der Waals surface area (Å²) >= 11 is 1.72. The Morgan fingerprint density at radius 1 is 1.07 bits per heavy atom. The fraction of sp³-hybridized carbons (Fsp3) is 0.182. The fourth-order valence-electron chi connectivity index (χ4n) is 4.37. The number of fused-ring (bicyclic) bond motifs is 2. The van der Waals surface area contributed by atoms with Crippen molar-refractivity contribution in [3.8, 4) is 21.8 Å². The molecule has 3 N–H and O–H groups in total. The SMILES string of the molecule is C=C/C(=C\C(=C/C)c1cnc2n[nH]c(-c3cc4c(-c5ccc(C(=C)C)s5)cncc4[nH]3)c2c1)NC(=C)C(C)(C)C. The predicted molar refractivity (Wildman–Crippen MR) is 171 cm³/mol. The van der Waals surface area contributed by atoms with E-state index in [0.29, 0.717) is 5.65 Å². The Kier molecular flexibility index (Phi) is 7.17. The molecule has 0 atom stereocenters. The highest BCUT2D eigenvalue weighted by Crippen LogP contribution is 2.37. The Bertz CT molecular complexity index is 1830. The number of rotatable bonds is 8. The molecule has 5 aromatic heterocycles. The molecule has 0 spiro atoms. The average molecular weight is 547 g/mol. The first-order valence-corrected chi connectivity index (χ1v) is 13.9. The van der Waals surface area contributed by atoms with Gasteiger partial charge < -0.3 is 10.3 Å². The third-order valence-corrected chi connectivity index (χ3v) is 8.17. The lowest BCUT2D eigenvalue weighted by molar-refractivity contribution is 0.478. The van der Waals surface area contributed by atoms with E-state index in [4.69, 9.17) is 0 Å². The van der Waals surface area contributed by atoms with Gasteiger partial charge in [-0.2, -0.15) is 5.10 Å².